The lowest BCUT2D eigenvalue weighted by atomic mass is 10.1. The molecule has 2 aromatic rings. The highest BCUT2D eigenvalue weighted by Gasteiger charge is 2.18. The monoisotopic (exact) mass is 523 g/mol. The molecule has 3 rings (SSSR count). The maximum Gasteiger partial charge on any atom is 0.225 e. The van der Waals surface area contributed by atoms with Crippen LogP contribution in [0.25, 0.3) is 0 Å². The molecule has 0 saturated carbocycles. The molecular weight excluding hydrogens is 489 g/mol. The lowest BCUT2D eigenvalue weighted by Crippen LogP contribution is -2.47. The van der Waals surface area contributed by atoms with E-state index in [-0.39, 0.29) is 24.0 Å². The zero-order valence-corrected chi connectivity index (χ0v) is 20.4. The fourth-order valence-corrected chi connectivity index (χ4v) is 3.34. The highest BCUT2D eigenvalue weighted by Crippen LogP contribution is 2.09. The van der Waals surface area contributed by atoms with Crippen molar-refractivity contribution in [3.8, 4) is 0 Å². The fraction of sp³-hybridized carbons (Fsp3) is 0.500. The summed E-state index contributed by atoms with van der Waals surface area (Å²) in [4.78, 5) is 18.2. The molecule has 30 heavy (non-hydrogen) atoms. The first-order valence-electron chi connectivity index (χ1n) is 10.6. The normalized spacial score (nSPS) is 14.9. The Labute approximate surface area is 197 Å². The van der Waals surface area contributed by atoms with E-state index in [1.165, 1.54) is 11.1 Å². The maximum atomic E-state index is 4.70. The van der Waals surface area contributed by atoms with Crippen LogP contribution in [-0.2, 0) is 6.54 Å². The van der Waals surface area contributed by atoms with Gasteiger partial charge in [-0.25, -0.2) is 15.0 Å². The van der Waals surface area contributed by atoms with Gasteiger partial charge in [-0.15, -0.1) is 24.0 Å². The summed E-state index contributed by atoms with van der Waals surface area (Å²) >= 11 is 0. The van der Waals surface area contributed by atoms with E-state index in [9.17, 15) is 0 Å². The number of hydrogen-bond donors (Lipinski definition) is 2. The Morgan fingerprint density at radius 3 is 2.40 bits per heavy atom. The van der Waals surface area contributed by atoms with Gasteiger partial charge in [-0.2, -0.15) is 0 Å². The van der Waals surface area contributed by atoms with Crippen molar-refractivity contribution in [2.45, 2.75) is 26.8 Å². The summed E-state index contributed by atoms with van der Waals surface area (Å²) in [6.45, 7) is 11.8. The van der Waals surface area contributed by atoms with Gasteiger partial charge in [-0.05, 0) is 38.4 Å². The van der Waals surface area contributed by atoms with Gasteiger partial charge >= 0.3 is 0 Å². The van der Waals surface area contributed by atoms with Gasteiger partial charge in [0, 0.05) is 51.7 Å². The van der Waals surface area contributed by atoms with Crippen molar-refractivity contribution in [3.05, 3.63) is 53.9 Å². The van der Waals surface area contributed by atoms with E-state index in [1.807, 2.05) is 18.5 Å². The lowest BCUT2D eigenvalue weighted by molar-refractivity contribution is 0.254. The Balaban J connectivity index is 0.00000320. The van der Waals surface area contributed by atoms with Crippen molar-refractivity contribution in [3.63, 3.8) is 0 Å². The minimum Gasteiger partial charge on any atom is -0.357 e. The van der Waals surface area contributed by atoms with Crippen molar-refractivity contribution < 1.29 is 0 Å². The van der Waals surface area contributed by atoms with Gasteiger partial charge in [0.1, 0.15) is 0 Å². The van der Waals surface area contributed by atoms with Crippen LogP contribution >= 0.6 is 24.0 Å². The van der Waals surface area contributed by atoms with Gasteiger partial charge in [0.2, 0.25) is 5.95 Å². The molecule has 7 nitrogen and oxygen atoms in total. The Morgan fingerprint density at radius 1 is 1.03 bits per heavy atom. The number of benzene rings is 1. The molecule has 0 spiro atoms. The van der Waals surface area contributed by atoms with Crippen LogP contribution in [0.3, 0.4) is 0 Å². The number of aliphatic imine (C=N–C) groups is 1. The second-order valence-electron chi connectivity index (χ2n) is 7.34. The molecule has 1 aliphatic rings. The summed E-state index contributed by atoms with van der Waals surface area (Å²) < 4.78 is 0. The van der Waals surface area contributed by atoms with Gasteiger partial charge < -0.3 is 15.5 Å². The molecule has 0 aliphatic carbocycles. The van der Waals surface area contributed by atoms with Crippen LogP contribution < -0.4 is 15.5 Å². The molecular formula is C22H34IN7. The van der Waals surface area contributed by atoms with E-state index >= 15 is 0 Å². The van der Waals surface area contributed by atoms with Crippen molar-refractivity contribution in [1.29, 1.82) is 0 Å². The van der Waals surface area contributed by atoms with Crippen LogP contribution in [0.5, 0.6) is 0 Å². The van der Waals surface area contributed by atoms with Gasteiger partial charge in [0.25, 0.3) is 0 Å². The second-order valence-corrected chi connectivity index (χ2v) is 7.34. The van der Waals surface area contributed by atoms with Crippen molar-refractivity contribution in [2.24, 2.45) is 4.99 Å². The van der Waals surface area contributed by atoms with E-state index < -0.39 is 0 Å². The molecule has 1 aromatic heterocycles. The average molecular weight is 523 g/mol. The number of hydrogen-bond acceptors (Lipinski definition) is 5. The number of aryl methyl sites for hydroxylation is 1. The maximum absolute atomic E-state index is 4.70. The van der Waals surface area contributed by atoms with Crippen LogP contribution in [0, 0.1) is 6.92 Å². The van der Waals surface area contributed by atoms with E-state index in [4.69, 9.17) is 4.99 Å². The molecule has 1 aliphatic heterocycles. The second kappa shape index (κ2) is 13.4. The number of piperazine rings is 1. The van der Waals surface area contributed by atoms with Crippen LogP contribution in [0.1, 0.15) is 24.5 Å². The smallest absolute Gasteiger partial charge is 0.225 e. The van der Waals surface area contributed by atoms with Crippen molar-refractivity contribution in [2.75, 3.05) is 50.7 Å². The van der Waals surface area contributed by atoms with Gasteiger partial charge in [0.05, 0.1) is 6.54 Å². The first-order valence-corrected chi connectivity index (χ1v) is 10.6. The summed E-state index contributed by atoms with van der Waals surface area (Å²) in [6.07, 6.45) is 4.71. The molecule has 8 heteroatoms. The summed E-state index contributed by atoms with van der Waals surface area (Å²) in [6, 6.07) is 10.4. The number of aromatic nitrogens is 2. The van der Waals surface area contributed by atoms with E-state index in [0.717, 1.165) is 64.1 Å². The zero-order valence-electron chi connectivity index (χ0n) is 18.0. The molecule has 0 atom stereocenters. The first kappa shape index (κ1) is 24.3. The molecule has 1 saturated heterocycles. The van der Waals surface area contributed by atoms with Gasteiger partial charge in [-0.1, -0.05) is 29.8 Å². The van der Waals surface area contributed by atoms with E-state index in [2.05, 4.69) is 68.5 Å². The third kappa shape index (κ3) is 8.06. The minimum atomic E-state index is 0. The van der Waals surface area contributed by atoms with Crippen molar-refractivity contribution >= 4 is 35.9 Å². The zero-order chi connectivity index (χ0) is 20.3. The highest BCUT2D eigenvalue weighted by molar-refractivity contribution is 14.0. The average Bonchev–Trinajstić information content (AvgIpc) is 2.77. The predicted molar refractivity (Wildman–Crippen MR) is 135 cm³/mol. The lowest BCUT2D eigenvalue weighted by Gasteiger charge is -2.34. The molecule has 1 fully saturated rings. The predicted octanol–water partition coefficient (Wildman–Crippen LogP) is 2.67. The largest absolute Gasteiger partial charge is 0.357 e. The Bertz CT molecular complexity index is 744. The molecule has 2 heterocycles. The van der Waals surface area contributed by atoms with Crippen LogP contribution in [-0.4, -0.2) is 66.6 Å². The Morgan fingerprint density at radius 2 is 1.73 bits per heavy atom. The Hall–Kier alpha value is -1.94. The first-order chi connectivity index (χ1) is 14.2. The number of anilines is 1. The third-order valence-corrected chi connectivity index (χ3v) is 5.04. The summed E-state index contributed by atoms with van der Waals surface area (Å²) in [5.74, 6) is 1.73. The third-order valence-electron chi connectivity index (χ3n) is 5.04. The minimum absolute atomic E-state index is 0. The summed E-state index contributed by atoms with van der Waals surface area (Å²) in [5, 5.41) is 6.79. The number of rotatable bonds is 8. The molecule has 2 N–H and O–H groups in total. The van der Waals surface area contributed by atoms with Gasteiger partial charge in [-0.3, -0.25) is 4.90 Å². The SMILES string of the molecule is CCNC(=NCc1ccc(C)cc1)NCCCN1CCN(c2ncccn2)CC1.I. The number of nitrogens with one attached hydrogen (secondary N) is 2. The molecule has 0 bridgehead atoms. The van der Waals surface area contributed by atoms with Crippen molar-refractivity contribution in [1.82, 2.24) is 25.5 Å². The van der Waals surface area contributed by atoms with Crippen LogP contribution in [0.4, 0.5) is 5.95 Å². The van der Waals surface area contributed by atoms with Crippen LogP contribution in [0.2, 0.25) is 0 Å². The summed E-state index contributed by atoms with van der Waals surface area (Å²) in [7, 11) is 0. The molecule has 164 valence electrons. The van der Waals surface area contributed by atoms with E-state index in [0.29, 0.717) is 6.54 Å². The standard InChI is InChI=1S/C22H33N7.HI/c1-3-23-21(27-18-20-8-6-19(2)7-9-20)24-12-5-13-28-14-16-29(17-15-28)22-25-10-4-11-26-22;/h4,6-11H,3,5,12-18H2,1-2H3,(H2,23,24,27);1H. The quantitative estimate of drug-likeness (QED) is 0.240. The fourth-order valence-electron chi connectivity index (χ4n) is 3.34. The molecule has 0 unspecified atom stereocenters. The summed E-state index contributed by atoms with van der Waals surface area (Å²) in [5.41, 5.74) is 2.51. The number of nitrogens with zero attached hydrogens (tertiary/aromatic N) is 5. The van der Waals surface area contributed by atoms with E-state index in [1.54, 1.807) is 0 Å². The topological polar surface area (TPSA) is 68.7 Å². The molecule has 0 amide bonds. The highest BCUT2D eigenvalue weighted by atomic mass is 127. The Kier molecular flexibility index (Phi) is 10.9. The van der Waals surface area contributed by atoms with Gasteiger partial charge in [0.15, 0.2) is 5.96 Å². The number of guanidine groups is 1. The van der Waals surface area contributed by atoms with Crippen LogP contribution in [0.15, 0.2) is 47.7 Å². The molecule has 0 radical (unpaired) electrons. The number of halogens is 1. The molecule has 1 aromatic carbocycles.